The van der Waals surface area contributed by atoms with Crippen LogP contribution in [0.4, 0.5) is 0 Å². The van der Waals surface area contributed by atoms with Crippen LogP contribution in [0.3, 0.4) is 0 Å². The van der Waals surface area contributed by atoms with Gasteiger partial charge in [-0.15, -0.1) is 0 Å². The zero-order chi connectivity index (χ0) is 27.4. The molecule has 0 amide bonds. The van der Waals surface area contributed by atoms with Crippen molar-refractivity contribution in [1.29, 1.82) is 0 Å². The van der Waals surface area contributed by atoms with E-state index in [0.29, 0.717) is 17.4 Å². The second kappa shape index (κ2) is 10.4. The van der Waals surface area contributed by atoms with Gasteiger partial charge in [-0.25, -0.2) is 0 Å². The van der Waals surface area contributed by atoms with Crippen molar-refractivity contribution in [3.63, 3.8) is 0 Å². The number of carboxylic acid groups (broad SMARTS) is 1. The third-order valence-electron chi connectivity index (χ3n) is 12.2. The minimum absolute atomic E-state index is 0.177. The van der Waals surface area contributed by atoms with E-state index in [1.165, 1.54) is 50.5 Å². The van der Waals surface area contributed by atoms with Gasteiger partial charge in [0.15, 0.2) is 0 Å². The Hall–Kier alpha value is -1.98. The van der Waals surface area contributed by atoms with Crippen molar-refractivity contribution in [3.8, 4) is 0 Å². The maximum atomic E-state index is 12.0. The largest absolute Gasteiger partial charge is 0.481 e. The third-order valence-corrected chi connectivity index (χ3v) is 12.2. The first-order chi connectivity index (χ1) is 18.7. The first-order valence-corrected chi connectivity index (χ1v) is 15.6. The summed E-state index contributed by atoms with van der Waals surface area (Å²) in [4.78, 5) is 21.3. The van der Waals surface area contributed by atoms with Crippen LogP contribution < -0.4 is 0 Å². The van der Waals surface area contributed by atoms with E-state index in [-0.39, 0.29) is 11.3 Å². The average molecular weight is 532 g/mol. The quantitative estimate of drug-likeness (QED) is 0.432. The molecule has 2 heterocycles. The number of hydrogen-bond acceptors (Lipinski definition) is 4. The van der Waals surface area contributed by atoms with Gasteiger partial charge in [0.05, 0.1) is 5.92 Å². The summed E-state index contributed by atoms with van der Waals surface area (Å²) in [6.45, 7) is 8.17. The van der Waals surface area contributed by atoms with Gasteiger partial charge in [-0.05, 0) is 130 Å². The SMILES string of the molecule is CN(C)CCN1CCC(C(=O)O)CC1[C@H]1CC[C@@]2(C)C(=CC[C@@H]3[C@@H]2CC[C@]2(C)C(c4cccnc4)=CC[C@@H]32)C1. The van der Waals surface area contributed by atoms with Crippen LogP contribution in [0.25, 0.3) is 5.57 Å². The van der Waals surface area contributed by atoms with Crippen LogP contribution >= 0.6 is 0 Å². The van der Waals surface area contributed by atoms with Crippen molar-refractivity contribution in [2.75, 3.05) is 33.7 Å². The normalized spacial score (nSPS) is 40.3. The highest BCUT2D eigenvalue weighted by Crippen LogP contribution is 2.66. The summed E-state index contributed by atoms with van der Waals surface area (Å²) in [5.41, 5.74) is 5.17. The Balaban J connectivity index is 1.20. The highest BCUT2D eigenvalue weighted by atomic mass is 16.4. The molecule has 1 aromatic heterocycles. The highest BCUT2D eigenvalue weighted by molar-refractivity contribution is 5.72. The van der Waals surface area contributed by atoms with E-state index in [1.54, 1.807) is 11.1 Å². The summed E-state index contributed by atoms with van der Waals surface area (Å²) in [5, 5.41) is 9.86. The van der Waals surface area contributed by atoms with Crippen molar-refractivity contribution in [2.24, 2.45) is 40.4 Å². The van der Waals surface area contributed by atoms with E-state index in [1.807, 2.05) is 6.20 Å². The van der Waals surface area contributed by atoms with Crippen molar-refractivity contribution in [2.45, 2.75) is 77.7 Å². The number of likely N-dealkylation sites (tertiary alicyclic amines) is 1. The Morgan fingerprint density at radius 3 is 2.67 bits per heavy atom. The number of pyridine rings is 1. The molecule has 0 radical (unpaired) electrons. The number of nitrogens with zero attached hydrogens (tertiary/aromatic N) is 3. The average Bonchev–Trinajstić information content (AvgIpc) is 3.29. The molecule has 39 heavy (non-hydrogen) atoms. The summed E-state index contributed by atoms with van der Waals surface area (Å²) in [6, 6.07) is 4.74. The molecule has 6 rings (SSSR count). The Kier molecular flexibility index (Phi) is 7.29. The number of fused-ring (bicyclic) bond motifs is 5. The van der Waals surface area contributed by atoms with Gasteiger partial charge in [-0.3, -0.25) is 14.7 Å². The Labute approximate surface area is 235 Å². The molecule has 3 fully saturated rings. The fraction of sp³-hybridized carbons (Fsp3) is 0.706. The molecule has 212 valence electrons. The van der Waals surface area contributed by atoms with Gasteiger partial charge in [-0.1, -0.05) is 37.6 Å². The standard InChI is InChI=1S/C34H49N3O2/c1-33-14-11-23(31-21-24(32(38)39)13-17-37(31)19-18-36(3)4)20-26(33)7-8-27-29-10-9-28(25-6-5-16-35-22-25)34(29,2)15-12-30(27)33/h5-7,9,16,22-24,27,29-31H,8,10-15,17-21H2,1-4H3,(H,38,39)/t23-,24?,27-,29-,30-,31?,33-,34+/m0/s1. The summed E-state index contributed by atoms with van der Waals surface area (Å²) in [7, 11) is 4.28. The predicted molar refractivity (Wildman–Crippen MR) is 157 cm³/mol. The van der Waals surface area contributed by atoms with E-state index in [0.717, 1.165) is 50.2 Å². The number of aliphatic carboxylic acids is 1. The lowest BCUT2D eigenvalue weighted by molar-refractivity contribution is -0.144. The molecule has 2 unspecified atom stereocenters. The molecule has 0 bridgehead atoms. The summed E-state index contributed by atoms with van der Waals surface area (Å²) >= 11 is 0. The second-order valence-electron chi connectivity index (χ2n) is 14.3. The van der Waals surface area contributed by atoms with Crippen LogP contribution in [-0.2, 0) is 4.79 Å². The van der Waals surface area contributed by atoms with Crippen molar-refractivity contribution in [1.82, 2.24) is 14.8 Å². The number of aromatic nitrogens is 1. The molecular formula is C34H49N3O2. The van der Waals surface area contributed by atoms with Gasteiger partial charge < -0.3 is 10.0 Å². The zero-order valence-electron chi connectivity index (χ0n) is 24.6. The molecule has 0 spiro atoms. The molecule has 5 aliphatic rings. The lowest BCUT2D eigenvalue weighted by atomic mass is 9.46. The maximum Gasteiger partial charge on any atom is 0.306 e. The van der Waals surface area contributed by atoms with Gasteiger partial charge in [0.25, 0.3) is 0 Å². The third kappa shape index (κ3) is 4.72. The maximum absolute atomic E-state index is 12.0. The number of allylic oxidation sites excluding steroid dienone is 4. The number of carbonyl (C=O) groups is 1. The minimum atomic E-state index is -0.589. The van der Waals surface area contributed by atoms with Crippen LogP contribution in [0, 0.1) is 40.4 Å². The van der Waals surface area contributed by atoms with Crippen LogP contribution in [0.2, 0.25) is 0 Å². The molecule has 1 N–H and O–H groups in total. The molecule has 5 heteroatoms. The first kappa shape index (κ1) is 27.2. The Morgan fingerprint density at radius 1 is 1.10 bits per heavy atom. The van der Waals surface area contributed by atoms with E-state index in [9.17, 15) is 9.90 Å². The zero-order valence-corrected chi connectivity index (χ0v) is 24.6. The minimum Gasteiger partial charge on any atom is -0.481 e. The monoisotopic (exact) mass is 531 g/mol. The Morgan fingerprint density at radius 2 is 1.92 bits per heavy atom. The fourth-order valence-corrected chi connectivity index (χ4v) is 9.92. The second-order valence-corrected chi connectivity index (χ2v) is 14.3. The highest BCUT2D eigenvalue weighted by Gasteiger charge is 2.57. The van der Waals surface area contributed by atoms with Gasteiger partial charge in [-0.2, -0.15) is 0 Å². The van der Waals surface area contributed by atoms with E-state index >= 15 is 0 Å². The van der Waals surface area contributed by atoms with Crippen molar-refractivity contribution < 1.29 is 9.90 Å². The van der Waals surface area contributed by atoms with E-state index in [4.69, 9.17) is 0 Å². The number of carboxylic acids is 1. The van der Waals surface area contributed by atoms with Gasteiger partial charge in [0, 0.05) is 31.5 Å². The fourth-order valence-electron chi connectivity index (χ4n) is 9.92. The lowest BCUT2D eigenvalue weighted by Gasteiger charge is -2.59. The molecule has 1 saturated heterocycles. The summed E-state index contributed by atoms with van der Waals surface area (Å²) in [5.74, 6) is 2.10. The first-order valence-electron chi connectivity index (χ1n) is 15.6. The van der Waals surface area contributed by atoms with Crippen LogP contribution in [0.1, 0.15) is 77.2 Å². The lowest BCUT2D eigenvalue weighted by Crippen LogP contribution is -2.53. The van der Waals surface area contributed by atoms with Crippen LogP contribution in [-0.4, -0.2) is 65.6 Å². The van der Waals surface area contributed by atoms with Gasteiger partial charge in [0.2, 0.25) is 0 Å². The molecule has 1 aliphatic heterocycles. The molecule has 8 atom stereocenters. The number of rotatable bonds is 6. The number of piperidine rings is 1. The van der Waals surface area contributed by atoms with E-state index in [2.05, 4.69) is 73.2 Å². The van der Waals surface area contributed by atoms with Crippen molar-refractivity contribution >= 4 is 11.5 Å². The molecular weight excluding hydrogens is 482 g/mol. The molecule has 4 aliphatic carbocycles. The summed E-state index contributed by atoms with van der Waals surface area (Å²) in [6.07, 6.45) is 19.5. The molecule has 2 saturated carbocycles. The van der Waals surface area contributed by atoms with Crippen LogP contribution in [0.15, 0.2) is 42.3 Å². The molecule has 1 aromatic rings. The number of hydrogen-bond donors (Lipinski definition) is 1. The smallest absolute Gasteiger partial charge is 0.306 e. The topological polar surface area (TPSA) is 56.7 Å². The van der Waals surface area contributed by atoms with Crippen LogP contribution in [0.5, 0.6) is 0 Å². The van der Waals surface area contributed by atoms with Crippen molar-refractivity contribution in [3.05, 3.63) is 47.8 Å². The molecule has 0 aromatic carbocycles. The van der Waals surface area contributed by atoms with E-state index < -0.39 is 5.97 Å². The number of likely N-dealkylation sites (N-methyl/N-ethyl adjacent to an activating group) is 1. The van der Waals surface area contributed by atoms with Gasteiger partial charge >= 0.3 is 5.97 Å². The summed E-state index contributed by atoms with van der Waals surface area (Å²) < 4.78 is 0. The van der Waals surface area contributed by atoms with Gasteiger partial charge in [0.1, 0.15) is 0 Å². The predicted octanol–water partition coefficient (Wildman–Crippen LogP) is 6.38. The Bertz CT molecular complexity index is 1130. The molecule has 5 nitrogen and oxygen atoms in total.